The van der Waals surface area contributed by atoms with Crippen LogP contribution in [0.2, 0.25) is 0 Å². The molecule has 4 atom stereocenters. The zero-order valence-corrected chi connectivity index (χ0v) is 15.1. The Balaban J connectivity index is 1.43. The van der Waals surface area contributed by atoms with Crippen molar-refractivity contribution in [2.24, 2.45) is 5.73 Å². The Kier molecular flexibility index (Phi) is 4.68. The first-order chi connectivity index (χ1) is 12.7. The second-order valence-electron chi connectivity index (χ2n) is 7.46. The van der Waals surface area contributed by atoms with Gasteiger partial charge in [-0.3, -0.25) is 4.79 Å². The highest BCUT2D eigenvalue weighted by Crippen LogP contribution is 2.43. The fourth-order valence-corrected chi connectivity index (χ4v) is 4.60. The summed E-state index contributed by atoms with van der Waals surface area (Å²) in [5, 5.41) is 0. The van der Waals surface area contributed by atoms with Crippen molar-refractivity contribution in [3.05, 3.63) is 48.0 Å². The van der Waals surface area contributed by atoms with Crippen LogP contribution < -0.4 is 10.5 Å². The van der Waals surface area contributed by atoms with Gasteiger partial charge in [-0.15, -0.1) is 0 Å². The van der Waals surface area contributed by atoms with Gasteiger partial charge < -0.3 is 20.4 Å². The number of amides is 1. The minimum atomic E-state index is -0.504. The monoisotopic (exact) mass is 354 g/mol. The van der Waals surface area contributed by atoms with E-state index in [1.807, 2.05) is 12.1 Å². The highest BCUT2D eigenvalue weighted by molar-refractivity contribution is 5.83. The number of nitrogens with one attached hydrogen (secondary N) is 1. The van der Waals surface area contributed by atoms with Crippen molar-refractivity contribution in [1.29, 1.82) is 0 Å². The number of piperidine rings is 1. The van der Waals surface area contributed by atoms with Gasteiger partial charge in [-0.1, -0.05) is 12.1 Å². The number of nitrogens with zero attached hydrogens (tertiary/aromatic N) is 2. The molecule has 6 nitrogen and oxygen atoms in total. The van der Waals surface area contributed by atoms with Crippen molar-refractivity contribution in [3.8, 4) is 5.75 Å². The third kappa shape index (κ3) is 3.21. The van der Waals surface area contributed by atoms with Crippen molar-refractivity contribution >= 4 is 5.91 Å². The minimum Gasteiger partial charge on any atom is -0.497 e. The second kappa shape index (κ2) is 7.11. The van der Waals surface area contributed by atoms with Crippen LogP contribution in [-0.2, 0) is 11.2 Å². The molecule has 2 aliphatic heterocycles. The third-order valence-corrected chi connectivity index (χ3v) is 5.89. The number of imidazole rings is 1. The summed E-state index contributed by atoms with van der Waals surface area (Å²) in [7, 11) is 1.69. The van der Waals surface area contributed by atoms with Gasteiger partial charge in [0.15, 0.2) is 0 Å². The summed E-state index contributed by atoms with van der Waals surface area (Å²) in [5.74, 6) is 1.47. The number of carbonyl (C=O) groups excluding carboxylic acids is 1. The molecule has 2 aliphatic rings. The Morgan fingerprint density at radius 1 is 1.31 bits per heavy atom. The maximum Gasteiger partial charge on any atom is 0.240 e. The normalized spacial score (nSPS) is 25.9. The molecule has 1 aromatic carbocycles. The van der Waals surface area contributed by atoms with E-state index in [9.17, 15) is 4.79 Å². The lowest BCUT2D eigenvalue weighted by Crippen LogP contribution is -2.53. The van der Waals surface area contributed by atoms with E-state index >= 15 is 0 Å². The average molecular weight is 354 g/mol. The molecule has 6 heteroatoms. The van der Waals surface area contributed by atoms with Gasteiger partial charge in [0.1, 0.15) is 5.75 Å². The molecule has 1 amide bonds. The number of carbonyl (C=O) groups is 1. The van der Waals surface area contributed by atoms with Gasteiger partial charge in [0.25, 0.3) is 0 Å². The first-order valence-corrected chi connectivity index (χ1v) is 9.34. The summed E-state index contributed by atoms with van der Waals surface area (Å²) in [6.45, 7) is 0. The molecule has 0 spiro atoms. The van der Waals surface area contributed by atoms with Crippen LogP contribution in [-0.4, -0.2) is 46.0 Å². The molecule has 4 rings (SSSR count). The van der Waals surface area contributed by atoms with Gasteiger partial charge in [-0.05, 0) is 49.3 Å². The van der Waals surface area contributed by atoms with Crippen molar-refractivity contribution < 1.29 is 9.53 Å². The zero-order chi connectivity index (χ0) is 18.1. The molecular weight excluding hydrogens is 328 g/mol. The number of nitrogens with two attached hydrogens (primary N) is 1. The fourth-order valence-electron chi connectivity index (χ4n) is 4.60. The van der Waals surface area contributed by atoms with Crippen LogP contribution in [0, 0.1) is 0 Å². The van der Waals surface area contributed by atoms with Crippen LogP contribution in [0.1, 0.15) is 42.9 Å². The highest BCUT2D eigenvalue weighted by Gasteiger charge is 2.44. The van der Waals surface area contributed by atoms with Crippen LogP contribution in [0.25, 0.3) is 0 Å². The van der Waals surface area contributed by atoms with Crippen molar-refractivity contribution in [2.75, 3.05) is 7.11 Å². The number of fused-ring (bicyclic) bond motifs is 2. The number of methoxy groups -OCH3 is 1. The van der Waals surface area contributed by atoms with Crippen molar-refractivity contribution in [2.45, 2.75) is 56.1 Å². The van der Waals surface area contributed by atoms with Crippen molar-refractivity contribution in [1.82, 2.24) is 14.9 Å². The fraction of sp³-hybridized carbons (Fsp3) is 0.500. The summed E-state index contributed by atoms with van der Waals surface area (Å²) in [4.78, 5) is 22.1. The van der Waals surface area contributed by atoms with E-state index in [0.29, 0.717) is 24.4 Å². The van der Waals surface area contributed by atoms with E-state index in [-0.39, 0.29) is 5.91 Å². The number of aromatic amines is 1. The molecular formula is C20H26N4O2. The number of hydrogen-bond donors (Lipinski definition) is 2. The molecule has 1 aromatic heterocycles. The Labute approximate surface area is 153 Å². The molecule has 2 fully saturated rings. The first kappa shape index (κ1) is 17.1. The standard InChI is InChI=1S/C20H26N4O2/c1-26-18-6-2-13(3-7-18)14-8-16-4-5-17(9-14)24(16)20(25)19(21)10-15-11-22-12-23-15/h2-3,6-7,11-12,14,16-17,19H,4-5,8-10,21H2,1H3,(H,22,23)/t14?,16-,17+,19?. The number of benzene rings is 1. The van der Waals surface area contributed by atoms with E-state index in [1.54, 1.807) is 19.6 Å². The summed E-state index contributed by atoms with van der Waals surface area (Å²) >= 11 is 0. The van der Waals surface area contributed by atoms with Gasteiger partial charge in [0.05, 0.1) is 19.5 Å². The molecule has 0 saturated carbocycles. The van der Waals surface area contributed by atoms with Crippen LogP contribution in [0.3, 0.4) is 0 Å². The van der Waals surface area contributed by atoms with Crippen LogP contribution >= 0.6 is 0 Å². The maximum absolute atomic E-state index is 13.0. The summed E-state index contributed by atoms with van der Waals surface area (Å²) in [6.07, 6.45) is 8.07. The van der Waals surface area contributed by atoms with Crippen LogP contribution in [0.15, 0.2) is 36.8 Å². The van der Waals surface area contributed by atoms with E-state index in [0.717, 1.165) is 37.1 Å². The Hall–Kier alpha value is -2.34. The van der Waals surface area contributed by atoms with E-state index in [1.165, 1.54) is 5.56 Å². The number of ether oxygens (including phenoxy) is 1. The topological polar surface area (TPSA) is 84.2 Å². The van der Waals surface area contributed by atoms with Crippen LogP contribution in [0.5, 0.6) is 5.75 Å². The third-order valence-electron chi connectivity index (χ3n) is 5.89. The van der Waals surface area contributed by atoms with E-state index in [2.05, 4.69) is 27.0 Å². The predicted octanol–water partition coefficient (Wildman–Crippen LogP) is 2.23. The van der Waals surface area contributed by atoms with Crippen molar-refractivity contribution in [3.63, 3.8) is 0 Å². The predicted molar refractivity (Wildman–Crippen MR) is 98.9 cm³/mol. The highest BCUT2D eigenvalue weighted by atomic mass is 16.5. The smallest absolute Gasteiger partial charge is 0.240 e. The molecule has 0 aliphatic carbocycles. The average Bonchev–Trinajstić information content (AvgIpc) is 3.26. The molecule has 0 radical (unpaired) electrons. The van der Waals surface area contributed by atoms with Gasteiger partial charge >= 0.3 is 0 Å². The van der Waals surface area contributed by atoms with Gasteiger partial charge in [-0.25, -0.2) is 4.98 Å². The number of aromatic nitrogens is 2. The molecule has 2 unspecified atom stereocenters. The lowest BCUT2D eigenvalue weighted by atomic mass is 9.84. The van der Waals surface area contributed by atoms with E-state index < -0.39 is 6.04 Å². The molecule has 2 saturated heterocycles. The SMILES string of the molecule is COc1ccc(C2C[C@H]3CC[C@@H](C2)N3C(=O)C(N)Cc2cnc[nH]2)cc1. The summed E-state index contributed by atoms with van der Waals surface area (Å²) < 4.78 is 5.26. The molecule has 2 bridgehead atoms. The molecule has 138 valence electrons. The number of H-pyrrole nitrogens is 1. The van der Waals surface area contributed by atoms with Gasteiger partial charge in [-0.2, -0.15) is 0 Å². The Morgan fingerprint density at radius 3 is 2.58 bits per heavy atom. The largest absolute Gasteiger partial charge is 0.497 e. The van der Waals surface area contributed by atoms with Gasteiger partial charge in [0.2, 0.25) is 5.91 Å². The zero-order valence-electron chi connectivity index (χ0n) is 15.1. The van der Waals surface area contributed by atoms with Crippen LogP contribution in [0.4, 0.5) is 0 Å². The lowest BCUT2D eigenvalue weighted by molar-refractivity contribution is -0.137. The maximum atomic E-state index is 13.0. The first-order valence-electron chi connectivity index (χ1n) is 9.34. The minimum absolute atomic E-state index is 0.0836. The lowest BCUT2D eigenvalue weighted by Gasteiger charge is -2.40. The van der Waals surface area contributed by atoms with Gasteiger partial charge in [0, 0.05) is 30.4 Å². The molecule has 2 aromatic rings. The Bertz CT molecular complexity index is 730. The Morgan fingerprint density at radius 2 is 2.00 bits per heavy atom. The van der Waals surface area contributed by atoms with E-state index in [4.69, 9.17) is 10.5 Å². The second-order valence-corrected chi connectivity index (χ2v) is 7.46. The number of rotatable bonds is 5. The number of hydrogen-bond acceptors (Lipinski definition) is 4. The summed E-state index contributed by atoms with van der Waals surface area (Å²) in [5.41, 5.74) is 8.47. The summed E-state index contributed by atoms with van der Waals surface area (Å²) in [6, 6.07) is 8.47. The molecule has 3 heterocycles. The molecule has 3 N–H and O–H groups in total. The molecule has 26 heavy (non-hydrogen) atoms. The quantitative estimate of drug-likeness (QED) is 0.862.